The number of hydrogen-bond acceptors (Lipinski definition) is 6. The molecule has 0 aliphatic carbocycles. The highest BCUT2D eigenvalue weighted by Gasteiger charge is 2.37. The summed E-state index contributed by atoms with van der Waals surface area (Å²) < 4.78 is 34.2. The van der Waals surface area contributed by atoms with Gasteiger partial charge in [0.25, 0.3) is 0 Å². The lowest BCUT2D eigenvalue weighted by atomic mass is 10.2. The fourth-order valence-electron chi connectivity index (χ4n) is 3.40. The third-order valence-electron chi connectivity index (χ3n) is 5.09. The molecule has 1 saturated heterocycles. The number of benzene rings is 1. The van der Waals surface area contributed by atoms with Crippen LogP contribution in [0.15, 0.2) is 42.6 Å². The highest BCUT2D eigenvalue weighted by molar-refractivity contribution is 7.90. The van der Waals surface area contributed by atoms with Crippen LogP contribution < -0.4 is 4.31 Å². The summed E-state index contributed by atoms with van der Waals surface area (Å²) in [6.07, 6.45) is 0.230. The lowest BCUT2D eigenvalue weighted by Crippen LogP contribution is -2.57. The van der Waals surface area contributed by atoms with Crippen molar-refractivity contribution in [1.82, 2.24) is 14.2 Å². The molecule has 1 aromatic heterocycles. The molecule has 1 aromatic carbocycles. The number of pyridine rings is 1. The summed E-state index contributed by atoms with van der Waals surface area (Å²) in [5.41, 5.74) is 0.982. The number of carbonyl (C=O) groups excluding carboxylic acids is 1. The zero-order valence-corrected chi connectivity index (χ0v) is 19.1. The van der Waals surface area contributed by atoms with Crippen molar-refractivity contribution in [3.8, 4) is 0 Å². The minimum absolute atomic E-state index is 0.0143. The van der Waals surface area contributed by atoms with E-state index in [1.54, 1.807) is 31.2 Å². The number of ether oxygens (including phenoxy) is 1. The van der Waals surface area contributed by atoms with Crippen molar-refractivity contribution in [3.63, 3.8) is 0 Å². The van der Waals surface area contributed by atoms with E-state index in [1.807, 2.05) is 0 Å². The van der Waals surface area contributed by atoms with Crippen molar-refractivity contribution in [1.29, 1.82) is 0 Å². The van der Waals surface area contributed by atoms with Crippen LogP contribution in [-0.2, 0) is 21.5 Å². The number of carboxylic acid groups (broad SMARTS) is 1. The Morgan fingerprint density at radius 3 is 2.59 bits per heavy atom. The number of rotatable bonds is 6. The van der Waals surface area contributed by atoms with E-state index in [9.17, 15) is 23.1 Å². The molecular weight excluding hydrogens is 460 g/mol. The molecule has 3 rings (SSSR count). The van der Waals surface area contributed by atoms with Gasteiger partial charge in [0, 0.05) is 36.9 Å². The van der Waals surface area contributed by atoms with Gasteiger partial charge in [0.1, 0.15) is 0 Å². The molecule has 0 radical (unpaired) electrons. The predicted octanol–water partition coefficient (Wildman–Crippen LogP) is 2.46. The van der Waals surface area contributed by atoms with Crippen molar-refractivity contribution < 1.29 is 27.9 Å². The maximum Gasteiger partial charge on any atom is 0.407 e. The van der Waals surface area contributed by atoms with Gasteiger partial charge in [-0.1, -0.05) is 17.7 Å². The quantitative estimate of drug-likeness (QED) is 0.628. The van der Waals surface area contributed by atoms with E-state index in [-0.39, 0.29) is 31.7 Å². The monoisotopic (exact) mass is 482 g/mol. The minimum atomic E-state index is -4.05. The molecule has 0 bridgehead atoms. The van der Waals surface area contributed by atoms with Crippen LogP contribution >= 0.6 is 11.6 Å². The van der Waals surface area contributed by atoms with Crippen molar-refractivity contribution >= 4 is 39.6 Å². The SMILES string of the molecule is COC(=O)c1ccc(CN(c2cccc(Cl)c2)S(=O)(=O)N2CCN(C(=O)O)[C@@H](C)C2)nc1. The first-order chi connectivity index (χ1) is 15.1. The molecule has 1 amide bonds. The first-order valence-electron chi connectivity index (χ1n) is 9.69. The number of anilines is 1. The number of aromatic nitrogens is 1. The fourth-order valence-corrected chi connectivity index (χ4v) is 5.25. The fraction of sp³-hybridized carbons (Fsp3) is 0.350. The summed E-state index contributed by atoms with van der Waals surface area (Å²) >= 11 is 6.10. The topological polar surface area (TPSA) is 120 Å². The second-order valence-electron chi connectivity index (χ2n) is 7.21. The van der Waals surface area contributed by atoms with Gasteiger partial charge in [-0.25, -0.2) is 9.59 Å². The molecule has 1 atom stereocenters. The molecule has 0 spiro atoms. The lowest BCUT2D eigenvalue weighted by Gasteiger charge is -2.39. The van der Waals surface area contributed by atoms with Crippen molar-refractivity contribution in [2.75, 3.05) is 31.0 Å². The van der Waals surface area contributed by atoms with Crippen LogP contribution in [-0.4, -0.2) is 72.6 Å². The zero-order valence-electron chi connectivity index (χ0n) is 17.5. The van der Waals surface area contributed by atoms with Crippen LogP contribution in [0.4, 0.5) is 10.5 Å². The molecule has 1 aliphatic rings. The second kappa shape index (κ2) is 9.72. The highest BCUT2D eigenvalue weighted by Crippen LogP contribution is 2.27. The summed E-state index contributed by atoms with van der Waals surface area (Å²) in [5, 5.41) is 9.64. The van der Waals surface area contributed by atoms with E-state index in [0.29, 0.717) is 16.4 Å². The summed E-state index contributed by atoms with van der Waals surface area (Å²) in [6.45, 7) is 1.64. The second-order valence-corrected chi connectivity index (χ2v) is 9.50. The van der Waals surface area contributed by atoms with Gasteiger partial charge in [-0.3, -0.25) is 9.29 Å². The van der Waals surface area contributed by atoms with Crippen molar-refractivity contribution in [2.45, 2.75) is 19.5 Å². The summed E-state index contributed by atoms with van der Waals surface area (Å²) in [4.78, 5) is 28.4. The summed E-state index contributed by atoms with van der Waals surface area (Å²) in [7, 11) is -2.79. The number of methoxy groups -OCH3 is 1. The van der Waals surface area contributed by atoms with Gasteiger partial charge >= 0.3 is 22.3 Å². The van der Waals surface area contributed by atoms with Gasteiger partial charge in [-0.05, 0) is 37.3 Å². The molecule has 172 valence electrons. The number of carbonyl (C=O) groups is 2. The number of piperazine rings is 1. The Morgan fingerprint density at radius 1 is 1.28 bits per heavy atom. The smallest absolute Gasteiger partial charge is 0.407 e. The molecule has 0 unspecified atom stereocenters. The van der Waals surface area contributed by atoms with Gasteiger partial charge < -0.3 is 14.7 Å². The maximum atomic E-state index is 13.6. The van der Waals surface area contributed by atoms with Crippen molar-refractivity contribution in [2.24, 2.45) is 0 Å². The first kappa shape index (κ1) is 23.8. The highest BCUT2D eigenvalue weighted by atomic mass is 35.5. The number of amides is 1. The standard InChI is InChI=1S/C20H23ClN4O6S/c1-14-12-23(8-9-24(14)20(27)28)32(29,30)25(18-5-3-4-16(21)10-18)13-17-7-6-15(11-22-17)19(26)31-2/h3-7,10-11,14H,8-9,12-13H2,1-2H3,(H,27,28)/t14-/m0/s1. The molecule has 1 fully saturated rings. The Kier molecular flexibility index (Phi) is 7.22. The Balaban J connectivity index is 1.92. The Labute approximate surface area is 191 Å². The van der Waals surface area contributed by atoms with Crippen LogP contribution in [0.5, 0.6) is 0 Å². The van der Waals surface area contributed by atoms with Crippen LogP contribution in [0.1, 0.15) is 23.0 Å². The molecule has 2 heterocycles. The van der Waals surface area contributed by atoms with Gasteiger partial charge in [-0.15, -0.1) is 0 Å². The number of esters is 1. The molecule has 10 nitrogen and oxygen atoms in total. The van der Waals surface area contributed by atoms with Crippen LogP contribution in [0.2, 0.25) is 5.02 Å². The van der Waals surface area contributed by atoms with Gasteiger partial charge in [0.15, 0.2) is 0 Å². The van der Waals surface area contributed by atoms with Gasteiger partial charge in [0.2, 0.25) is 0 Å². The summed E-state index contributed by atoms with van der Waals surface area (Å²) in [5.74, 6) is -0.548. The molecular formula is C20H23ClN4O6S. The van der Waals surface area contributed by atoms with Crippen LogP contribution in [0.3, 0.4) is 0 Å². The van der Waals surface area contributed by atoms with Crippen LogP contribution in [0.25, 0.3) is 0 Å². The lowest BCUT2D eigenvalue weighted by molar-refractivity contribution is 0.0600. The molecule has 12 heteroatoms. The third-order valence-corrected chi connectivity index (χ3v) is 7.20. The molecule has 32 heavy (non-hydrogen) atoms. The zero-order chi connectivity index (χ0) is 23.5. The number of hydrogen-bond donors (Lipinski definition) is 1. The maximum absolute atomic E-state index is 13.6. The Morgan fingerprint density at radius 2 is 2.03 bits per heavy atom. The average molecular weight is 483 g/mol. The molecule has 2 aromatic rings. The Hall–Kier alpha value is -2.89. The minimum Gasteiger partial charge on any atom is -0.465 e. The Bertz CT molecular complexity index is 1100. The third kappa shape index (κ3) is 5.12. The van der Waals surface area contributed by atoms with E-state index in [4.69, 9.17) is 11.6 Å². The van der Waals surface area contributed by atoms with E-state index >= 15 is 0 Å². The van der Waals surface area contributed by atoms with Crippen LogP contribution in [0, 0.1) is 0 Å². The molecule has 1 aliphatic heterocycles. The summed E-state index contributed by atoms with van der Waals surface area (Å²) in [6, 6.07) is 8.96. The number of nitrogens with zero attached hydrogens (tertiary/aromatic N) is 4. The molecule has 0 saturated carbocycles. The predicted molar refractivity (Wildman–Crippen MR) is 118 cm³/mol. The largest absolute Gasteiger partial charge is 0.465 e. The average Bonchev–Trinajstić information content (AvgIpc) is 2.76. The van der Waals surface area contributed by atoms with E-state index in [2.05, 4.69) is 9.72 Å². The van der Waals surface area contributed by atoms with Gasteiger partial charge in [-0.2, -0.15) is 12.7 Å². The number of halogens is 1. The van der Waals surface area contributed by atoms with Gasteiger partial charge in [0.05, 0.1) is 30.6 Å². The van der Waals surface area contributed by atoms with E-state index in [0.717, 1.165) is 0 Å². The van der Waals surface area contributed by atoms with E-state index in [1.165, 1.54) is 38.9 Å². The van der Waals surface area contributed by atoms with E-state index < -0.39 is 28.3 Å². The molecule has 1 N–H and O–H groups in total. The normalized spacial score (nSPS) is 17.1. The first-order valence-corrected chi connectivity index (χ1v) is 11.5. The van der Waals surface area contributed by atoms with Crippen molar-refractivity contribution in [3.05, 3.63) is 58.9 Å².